The van der Waals surface area contributed by atoms with Crippen molar-refractivity contribution in [2.75, 3.05) is 5.32 Å². The van der Waals surface area contributed by atoms with E-state index in [4.69, 9.17) is 0 Å². The highest BCUT2D eigenvalue weighted by molar-refractivity contribution is 7.98. The molecule has 0 radical (unpaired) electrons. The van der Waals surface area contributed by atoms with E-state index >= 15 is 0 Å². The van der Waals surface area contributed by atoms with Crippen LogP contribution in [0, 0.1) is 0 Å². The summed E-state index contributed by atoms with van der Waals surface area (Å²) >= 11 is 1.74. The van der Waals surface area contributed by atoms with Crippen molar-refractivity contribution in [2.24, 2.45) is 0 Å². The Bertz CT molecular complexity index is 854. The first-order valence-electron chi connectivity index (χ1n) is 8.40. The van der Waals surface area contributed by atoms with Crippen molar-refractivity contribution < 1.29 is 4.79 Å². The number of hydrogen-bond donors (Lipinski definition) is 1. The highest BCUT2D eigenvalue weighted by Gasteiger charge is 2.25. The quantitative estimate of drug-likeness (QED) is 0.653. The molecular weight excluding hydrogens is 330 g/mol. The van der Waals surface area contributed by atoms with Crippen LogP contribution in [0.25, 0.3) is 0 Å². The van der Waals surface area contributed by atoms with E-state index in [-0.39, 0.29) is 5.91 Å². The van der Waals surface area contributed by atoms with Crippen molar-refractivity contribution in [1.82, 2.24) is 9.55 Å². The number of hydrogen-bond acceptors (Lipinski definition) is 3. The van der Waals surface area contributed by atoms with Crippen LogP contribution in [-0.4, -0.2) is 15.5 Å². The molecule has 5 heteroatoms. The molecule has 2 aromatic carbocycles. The molecule has 126 valence electrons. The van der Waals surface area contributed by atoms with Gasteiger partial charge in [0.25, 0.3) is 5.91 Å². The Morgan fingerprint density at radius 1 is 1.12 bits per heavy atom. The van der Waals surface area contributed by atoms with Crippen LogP contribution in [-0.2, 0) is 5.75 Å². The molecule has 4 rings (SSSR count). The SMILES string of the molecule is O=C(Nc1ccccc1)c1ccc(CSc2nccn2C2CC2)cc1. The Morgan fingerprint density at radius 3 is 2.60 bits per heavy atom. The molecule has 0 saturated heterocycles. The van der Waals surface area contributed by atoms with Crippen LogP contribution >= 0.6 is 11.8 Å². The molecule has 1 heterocycles. The summed E-state index contributed by atoms with van der Waals surface area (Å²) < 4.78 is 2.27. The monoisotopic (exact) mass is 349 g/mol. The topological polar surface area (TPSA) is 46.9 Å². The lowest BCUT2D eigenvalue weighted by atomic mass is 10.1. The molecule has 1 aromatic heterocycles. The van der Waals surface area contributed by atoms with Gasteiger partial charge in [-0.05, 0) is 42.7 Å². The van der Waals surface area contributed by atoms with Crippen LogP contribution < -0.4 is 5.32 Å². The molecule has 1 fully saturated rings. The lowest BCUT2D eigenvalue weighted by Crippen LogP contribution is -2.11. The van der Waals surface area contributed by atoms with Gasteiger partial charge in [-0.1, -0.05) is 42.1 Å². The van der Waals surface area contributed by atoms with E-state index in [0.29, 0.717) is 11.6 Å². The third-order valence-electron chi connectivity index (χ3n) is 4.19. The van der Waals surface area contributed by atoms with E-state index in [1.165, 1.54) is 18.4 Å². The van der Waals surface area contributed by atoms with Crippen LogP contribution in [0.1, 0.15) is 34.8 Å². The zero-order valence-electron chi connectivity index (χ0n) is 13.8. The van der Waals surface area contributed by atoms with Crippen molar-refractivity contribution in [1.29, 1.82) is 0 Å². The number of anilines is 1. The largest absolute Gasteiger partial charge is 0.323 e. The summed E-state index contributed by atoms with van der Waals surface area (Å²) in [4.78, 5) is 16.7. The summed E-state index contributed by atoms with van der Waals surface area (Å²) in [6.45, 7) is 0. The number of benzene rings is 2. The maximum absolute atomic E-state index is 12.3. The Labute approximate surface area is 151 Å². The first-order chi connectivity index (χ1) is 12.3. The van der Waals surface area contributed by atoms with Gasteiger partial charge in [0.05, 0.1) is 0 Å². The number of imidazole rings is 1. The van der Waals surface area contributed by atoms with Gasteiger partial charge in [0, 0.05) is 35.4 Å². The predicted octanol–water partition coefficient (Wildman–Crippen LogP) is 4.76. The standard InChI is InChI=1S/C20H19N3OS/c24-19(22-17-4-2-1-3-5-17)16-8-6-15(7-9-16)14-25-20-21-12-13-23(20)18-10-11-18/h1-9,12-13,18H,10-11,14H2,(H,22,24). The highest BCUT2D eigenvalue weighted by atomic mass is 32.2. The van der Waals surface area contributed by atoms with E-state index in [9.17, 15) is 4.79 Å². The maximum atomic E-state index is 12.3. The van der Waals surface area contributed by atoms with Crippen LogP contribution in [0.5, 0.6) is 0 Å². The number of nitrogens with zero attached hydrogens (tertiary/aromatic N) is 2. The van der Waals surface area contributed by atoms with Gasteiger partial charge in [-0.2, -0.15) is 0 Å². The van der Waals surface area contributed by atoms with Gasteiger partial charge in [-0.25, -0.2) is 4.98 Å². The third-order valence-corrected chi connectivity index (χ3v) is 5.24. The molecule has 1 aliphatic rings. The Morgan fingerprint density at radius 2 is 1.88 bits per heavy atom. The fraction of sp³-hybridized carbons (Fsp3) is 0.200. The third kappa shape index (κ3) is 3.94. The van der Waals surface area contributed by atoms with Gasteiger partial charge in [0.1, 0.15) is 0 Å². The van der Waals surface area contributed by atoms with Gasteiger partial charge in [0.15, 0.2) is 5.16 Å². The zero-order chi connectivity index (χ0) is 17.1. The molecule has 25 heavy (non-hydrogen) atoms. The Hall–Kier alpha value is -2.53. The molecule has 0 bridgehead atoms. The second-order valence-corrected chi connectivity index (χ2v) is 7.10. The summed E-state index contributed by atoms with van der Waals surface area (Å²) in [5.74, 6) is 0.763. The van der Waals surface area contributed by atoms with E-state index in [2.05, 4.69) is 21.1 Å². The van der Waals surface area contributed by atoms with Crippen molar-refractivity contribution in [2.45, 2.75) is 29.8 Å². The van der Waals surface area contributed by atoms with E-state index < -0.39 is 0 Å². The number of amides is 1. The normalized spacial score (nSPS) is 13.6. The lowest BCUT2D eigenvalue weighted by molar-refractivity contribution is 0.102. The molecule has 0 spiro atoms. The van der Waals surface area contributed by atoms with Crippen molar-refractivity contribution >= 4 is 23.4 Å². The minimum atomic E-state index is -0.0883. The van der Waals surface area contributed by atoms with Crippen LogP contribution in [0.15, 0.2) is 72.1 Å². The number of nitrogens with one attached hydrogen (secondary N) is 1. The second kappa shape index (κ2) is 7.15. The van der Waals surface area contributed by atoms with Crippen LogP contribution in [0.4, 0.5) is 5.69 Å². The predicted molar refractivity (Wildman–Crippen MR) is 101 cm³/mol. The minimum Gasteiger partial charge on any atom is -0.323 e. The lowest BCUT2D eigenvalue weighted by Gasteiger charge is -2.07. The molecule has 0 aliphatic heterocycles. The molecular formula is C20H19N3OS. The zero-order valence-corrected chi connectivity index (χ0v) is 14.6. The van der Waals surface area contributed by atoms with Crippen molar-refractivity contribution in [3.63, 3.8) is 0 Å². The molecule has 0 atom stereocenters. The average molecular weight is 349 g/mol. The second-order valence-electron chi connectivity index (χ2n) is 6.15. The van der Waals surface area contributed by atoms with E-state index in [0.717, 1.165) is 16.6 Å². The minimum absolute atomic E-state index is 0.0883. The van der Waals surface area contributed by atoms with Crippen LogP contribution in [0.3, 0.4) is 0 Å². The molecule has 1 aliphatic carbocycles. The molecule has 4 nitrogen and oxygen atoms in total. The molecule has 1 N–H and O–H groups in total. The van der Waals surface area contributed by atoms with Crippen LogP contribution in [0.2, 0.25) is 0 Å². The summed E-state index contributed by atoms with van der Waals surface area (Å²) in [6.07, 6.45) is 6.46. The Kier molecular flexibility index (Phi) is 4.57. The number of carbonyl (C=O) groups excluding carboxylic acids is 1. The number of rotatable bonds is 6. The fourth-order valence-corrected chi connectivity index (χ4v) is 3.65. The first-order valence-corrected chi connectivity index (χ1v) is 9.39. The number of carbonyl (C=O) groups is 1. The number of thioether (sulfide) groups is 1. The summed E-state index contributed by atoms with van der Waals surface area (Å²) in [5, 5.41) is 3.98. The molecule has 1 amide bonds. The number of para-hydroxylation sites is 1. The van der Waals surface area contributed by atoms with Crippen molar-refractivity contribution in [3.05, 3.63) is 78.1 Å². The first kappa shape index (κ1) is 16.0. The smallest absolute Gasteiger partial charge is 0.255 e. The van der Waals surface area contributed by atoms with Crippen molar-refractivity contribution in [3.8, 4) is 0 Å². The van der Waals surface area contributed by atoms with Gasteiger partial charge in [-0.3, -0.25) is 4.79 Å². The Balaban J connectivity index is 1.36. The van der Waals surface area contributed by atoms with Gasteiger partial charge in [0.2, 0.25) is 0 Å². The highest BCUT2D eigenvalue weighted by Crippen LogP contribution is 2.38. The fourth-order valence-electron chi connectivity index (χ4n) is 2.67. The molecule has 0 unspecified atom stereocenters. The maximum Gasteiger partial charge on any atom is 0.255 e. The summed E-state index contributed by atoms with van der Waals surface area (Å²) in [6, 6.07) is 17.9. The number of aromatic nitrogens is 2. The average Bonchev–Trinajstić information content (AvgIpc) is 3.39. The summed E-state index contributed by atoms with van der Waals surface area (Å²) in [7, 11) is 0. The van der Waals surface area contributed by atoms with Gasteiger partial charge >= 0.3 is 0 Å². The molecule has 1 saturated carbocycles. The van der Waals surface area contributed by atoms with E-state index in [1.807, 2.05) is 60.8 Å². The summed E-state index contributed by atoms with van der Waals surface area (Å²) in [5.41, 5.74) is 2.66. The molecule has 3 aromatic rings. The van der Waals surface area contributed by atoms with Gasteiger partial charge in [-0.15, -0.1) is 0 Å². The van der Waals surface area contributed by atoms with E-state index in [1.54, 1.807) is 11.8 Å². The van der Waals surface area contributed by atoms with Gasteiger partial charge < -0.3 is 9.88 Å².